The predicted molar refractivity (Wildman–Crippen MR) is 122 cm³/mol. The summed E-state index contributed by atoms with van der Waals surface area (Å²) in [4.78, 5) is 27.5. The Kier molecular flexibility index (Phi) is 6.58. The maximum Gasteiger partial charge on any atom is 0.446 e. The molecular weight excluding hydrogens is 486 g/mol. The summed E-state index contributed by atoms with van der Waals surface area (Å²) < 4.78 is 56.8. The average molecular weight is 503 g/mol. The van der Waals surface area contributed by atoms with Crippen LogP contribution in [0.2, 0.25) is 0 Å². The van der Waals surface area contributed by atoms with Crippen LogP contribution in [0.3, 0.4) is 0 Å². The number of nitrogens with zero attached hydrogens (tertiary/aromatic N) is 1. The first-order valence-electron chi connectivity index (χ1n) is 10.2. The SMILES string of the molecule is COc1ccc(C(=O)C2=C(O)C(=O)N(c3ccc(SC(F)(F)F)cc3)C2c2ccc(F)cc2)cc1. The van der Waals surface area contributed by atoms with Gasteiger partial charge >= 0.3 is 5.51 Å². The van der Waals surface area contributed by atoms with Gasteiger partial charge in [-0.1, -0.05) is 12.1 Å². The zero-order valence-electron chi connectivity index (χ0n) is 18.0. The van der Waals surface area contributed by atoms with E-state index in [2.05, 4.69) is 0 Å². The van der Waals surface area contributed by atoms with E-state index in [1.165, 1.54) is 55.6 Å². The van der Waals surface area contributed by atoms with Gasteiger partial charge in [0.25, 0.3) is 5.91 Å². The number of rotatable bonds is 6. The highest BCUT2D eigenvalue weighted by atomic mass is 32.2. The molecule has 0 bridgehead atoms. The van der Waals surface area contributed by atoms with Gasteiger partial charge in [0.15, 0.2) is 11.5 Å². The second kappa shape index (κ2) is 9.46. The van der Waals surface area contributed by atoms with E-state index >= 15 is 0 Å². The minimum atomic E-state index is -4.49. The molecule has 1 aliphatic heterocycles. The van der Waals surface area contributed by atoms with Crippen LogP contribution in [0, 0.1) is 5.82 Å². The summed E-state index contributed by atoms with van der Waals surface area (Å²) in [5.74, 6) is -2.40. The summed E-state index contributed by atoms with van der Waals surface area (Å²) in [5.41, 5.74) is -4.07. The lowest BCUT2D eigenvalue weighted by Crippen LogP contribution is -2.31. The molecule has 0 saturated heterocycles. The number of amides is 1. The summed E-state index contributed by atoms with van der Waals surface area (Å²) in [7, 11) is 1.46. The van der Waals surface area contributed by atoms with Crippen LogP contribution in [-0.2, 0) is 4.79 Å². The van der Waals surface area contributed by atoms with Crippen molar-refractivity contribution in [2.75, 3.05) is 12.0 Å². The topological polar surface area (TPSA) is 66.8 Å². The number of anilines is 1. The Balaban J connectivity index is 1.78. The molecule has 1 atom stereocenters. The highest BCUT2D eigenvalue weighted by Gasteiger charge is 2.44. The van der Waals surface area contributed by atoms with Gasteiger partial charge in [0.1, 0.15) is 11.6 Å². The van der Waals surface area contributed by atoms with Crippen molar-refractivity contribution in [2.45, 2.75) is 16.4 Å². The number of benzene rings is 3. The fourth-order valence-electron chi connectivity index (χ4n) is 3.77. The standard InChI is InChI=1S/C25H17F4NO4S/c1-34-18-10-4-15(5-11-18)22(31)20-21(14-2-6-16(26)7-3-14)30(24(33)23(20)32)17-8-12-19(13-9-17)35-25(27,28)29/h2-13,21,32H,1H3. The summed E-state index contributed by atoms with van der Waals surface area (Å²) in [6.45, 7) is 0. The molecule has 35 heavy (non-hydrogen) atoms. The van der Waals surface area contributed by atoms with Crippen LogP contribution in [0.25, 0.3) is 0 Å². The van der Waals surface area contributed by atoms with Crippen molar-refractivity contribution in [1.82, 2.24) is 0 Å². The maximum absolute atomic E-state index is 13.6. The Morgan fingerprint density at radius 2 is 1.57 bits per heavy atom. The van der Waals surface area contributed by atoms with Gasteiger partial charge in [-0.2, -0.15) is 13.2 Å². The van der Waals surface area contributed by atoms with E-state index in [9.17, 15) is 32.3 Å². The Morgan fingerprint density at radius 3 is 2.11 bits per heavy atom. The number of aliphatic hydroxyl groups excluding tert-OH is 1. The van der Waals surface area contributed by atoms with Crippen LogP contribution in [0.5, 0.6) is 5.75 Å². The van der Waals surface area contributed by atoms with Crippen molar-refractivity contribution in [3.63, 3.8) is 0 Å². The van der Waals surface area contributed by atoms with Gasteiger partial charge in [-0.15, -0.1) is 0 Å². The molecule has 0 saturated carbocycles. The highest BCUT2D eigenvalue weighted by Crippen LogP contribution is 2.43. The first-order valence-corrected chi connectivity index (χ1v) is 11.0. The van der Waals surface area contributed by atoms with E-state index in [0.29, 0.717) is 11.3 Å². The summed E-state index contributed by atoms with van der Waals surface area (Å²) in [6, 6.07) is 14.9. The Morgan fingerprint density at radius 1 is 0.971 bits per heavy atom. The number of Topliss-reactive ketones (excluding diaryl/α,β-unsaturated/α-hetero) is 1. The van der Waals surface area contributed by atoms with E-state index in [0.717, 1.165) is 17.0 Å². The minimum Gasteiger partial charge on any atom is -0.503 e. The molecule has 0 spiro atoms. The van der Waals surface area contributed by atoms with Crippen molar-refractivity contribution in [1.29, 1.82) is 0 Å². The molecule has 0 aliphatic carbocycles. The van der Waals surface area contributed by atoms with E-state index < -0.39 is 34.8 Å². The zero-order valence-corrected chi connectivity index (χ0v) is 18.9. The fourth-order valence-corrected chi connectivity index (χ4v) is 4.31. The second-order valence-electron chi connectivity index (χ2n) is 7.49. The molecule has 4 rings (SSSR count). The molecule has 0 fully saturated rings. The van der Waals surface area contributed by atoms with Crippen LogP contribution in [0.1, 0.15) is 22.0 Å². The fraction of sp³-hybridized carbons (Fsp3) is 0.120. The number of methoxy groups -OCH3 is 1. The maximum atomic E-state index is 13.6. The Bertz CT molecular complexity index is 1290. The molecule has 3 aromatic carbocycles. The quantitative estimate of drug-likeness (QED) is 0.245. The number of hydrogen-bond donors (Lipinski definition) is 1. The molecule has 1 amide bonds. The summed E-state index contributed by atoms with van der Waals surface area (Å²) in [5, 5.41) is 10.7. The molecule has 1 N–H and O–H groups in total. The molecular formula is C25H17F4NO4S. The van der Waals surface area contributed by atoms with Crippen LogP contribution in [-0.4, -0.2) is 29.4 Å². The summed E-state index contributed by atoms with van der Waals surface area (Å²) in [6.07, 6.45) is 0. The van der Waals surface area contributed by atoms with Crippen molar-refractivity contribution >= 4 is 29.1 Å². The molecule has 0 aromatic heterocycles. The molecule has 5 nitrogen and oxygen atoms in total. The molecule has 180 valence electrons. The molecule has 3 aromatic rings. The van der Waals surface area contributed by atoms with Gasteiger partial charge in [-0.25, -0.2) is 4.39 Å². The Hall–Kier alpha value is -3.79. The van der Waals surface area contributed by atoms with Gasteiger partial charge in [0, 0.05) is 16.1 Å². The van der Waals surface area contributed by atoms with Crippen molar-refractivity contribution in [3.05, 3.63) is 101 Å². The van der Waals surface area contributed by atoms with Crippen molar-refractivity contribution in [3.8, 4) is 5.75 Å². The number of thioether (sulfide) groups is 1. The molecule has 0 radical (unpaired) electrons. The highest BCUT2D eigenvalue weighted by molar-refractivity contribution is 8.00. The van der Waals surface area contributed by atoms with Gasteiger partial charge in [0.2, 0.25) is 0 Å². The number of ketones is 1. The molecule has 10 heteroatoms. The number of carbonyl (C=O) groups is 2. The normalized spacial score (nSPS) is 16.1. The first kappa shape index (κ1) is 24.3. The smallest absolute Gasteiger partial charge is 0.446 e. The number of ether oxygens (including phenoxy) is 1. The number of aliphatic hydroxyl groups is 1. The third kappa shape index (κ3) is 5.02. The number of alkyl halides is 3. The second-order valence-corrected chi connectivity index (χ2v) is 8.63. The molecule has 1 heterocycles. The number of hydrogen-bond acceptors (Lipinski definition) is 5. The predicted octanol–water partition coefficient (Wildman–Crippen LogP) is 6.23. The van der Waals surface area contributed by atoms with E-state index in [1.54, 1.807) is 12.1 Å². The lowest BCUT2D eigenvalue weighted by atomic mass is 9.92. The van der Waals surface area contributed by atoms with E-state index in [-0.39, 0.29) is 33.5 Å². The van der Waals surface area contributed by atoms with E-state index in [1.807, 2.05) is 0 Å². The zero-order chi connectivity index (χ0) is 25.3. The minimum absolute atomic E-state index is 0.0991. The van der Waals surface area contributed by atoms with Gasteiger partial charge < -0.3 is 9.84 Å². The van der Waals surface area contributed by atoms with E-state index in [4.69, 9.17) is 4.74 Å². The number of halogens is 4. The lowest BCUT2D eigenvalue weighted by molar-refractivity contribution is -0.117. The average Bonchev–Trinajstić information content (AvgIpc) is 3.09. The van der Waals surface area contributed by atoms with Crippen molar-refractivity contribution in [2.24, 2.45) is 0 Å². The van der Waals surface area contributed by atoms with Gasteiger partial charge in [0.05, 0.1) is 18.7 Å². The number of carbonyl (C=O) groups excluding carboxylic acids is 2. The molecule has 1 unspecified atom stereocenters. The lowest BCUT2D eigenvalue weighted by Gasteiger charge is -2.27. The first-order chi connectivity index (χ1) is 16.6. The van der Waals surface area contributed by atoms with Crippen LogP contribution in [0.4, 0.5) is 23.2 Å². The largest absolute Gasteiger partial charge is 0.503 e. The van der Waals surface area contributed by atoms with Crippen LogP contribution in [0.15, 0.2) is 89.0 Å². The van der Waals surface area contributed by atoms with Crippen molar-refractivity contribution < 1.29 is 37.0 Å². The van der Waals surface area contributed by atoms with Crippen LogP contribution < -0.4 is 9.64 Å². The molecule has 1 aliphatic rings. The summed E-state index contributed by atoms with van der Waals surface area (Å²) >= 11 is -0.311. The third-order valence-corrected chi connectivity index (χ3v) is 6.08. The Labute approximate surface area is 201 Å². The van der Waals surface area contributed by atoms with Gasteiger partial charge in [-0.05, 0) is 78.0 Å². The van der Waals surface area contributed by atoms with Gasteiger partial charge in [-0.3, -0.25) is 14.5 Å². The monoisotopic (exact) mass is 503 g/mol. The van der Waals surface area contributed by atoms with Crippen LogP contribution >= 0.6 is 11.8 Å². The third-order valence-electron chi connectivity index (χ3n) is 5.34.